The number of oxime groups is 1. The summed E-state index contributed by atoms with van der Waals surface area (Å²) in [5.41, 5.74) is 5.85. The van der Waals surface area contributed by atoms with Gasteiger partial charge in [0, 0.05) is 43.0 Å². The van der Waals surface area contributed by atoms with E-state index in [2.05, 4.69) is 59.4 Å². The fraction of sp³-hybridized carbons (Fsp3) is 0.581. The van der Waals surface area contributed by atoms with Gasteiger partial charge in [-0.1, -0.05) is 48.5 Å². The largest absolute Gasteiger partial charge is 0.493 e. The summed E-state index contributed by atoms with van der Waals surface area (Å²) < 4.78 is 6.19. The van der Waals surface area contributed by atoms with Crippen LogP contribution in [0.2, 0.25) is 0 Å². The van der Waals surface area contributed by atoms with Gasteiger partial charge in [0.05, 0.1) is 12.3 Å². The second kappa shape index (κ2) is 9.72. The topological polar surface area (TPSA) is 74.5 Å². The Balaban J connectivity index is 1.11. The lowest BCUT2D eigenvalue weighted by Gasteiger charge is -2.46. The van der Waals surface area contributed by atoms with Crippen LogP contribution in [-0.2, 0) is 11.4 Å². The van der Waals surface area contributed by atoms with Crippen molar-refractivity contribution < 1.29 is 19.8 Å². The predicted octanol–water partition coefficient (Wildman–Crippen LogP) is 5.47. The van der Waals surface area contributed by atoms with E-state index in [0.717, 1.165) is 57.5 Å². The standard InChI is InChI=1S/C31H40N2O4/c1-3-36-27-16-21(15-25(22-9-10-22)28(27)24-7-5-4-6-8-24)18-33-19-31(20-33)17-26(32-37-31)23-11-13-30(2,14-12-23)29(34)35/h4-8,15-16,22-23,29,34-35H,3,9-14,17-20H2,1-2H3. The molecule has 2 saturated carbocycles. The van der Waals surface area contributed by atoms with Crippen LogP contribution in [0.25, 0.3) is 11.1 Å². The Morgan fingerprint density at radius 3 is 2.43 bits per heavy atom. The molecule has 6 heteroatoms. The number of benzene rings is 2. The van der Waals surface area contributed by atoms with Crippen molar-refractivity contribution in [3.63, 3.8) is 0 Å². The number of hydrogen-bond acceptors (Lipinski definition) is 6. The van der Waals surface area contributed by atoms with Gasteiger partial charge in [0.1, 0.15) is 5.75 Å². The van der Waals surface area contributed by atoms with Gasteiger partial charge in [0.25, 0.3) is 0 Å². The van der Waals surface area contributed by atoms with Gasteiger partial charge >= 0.3 is 0 Å². The first kappa shape index (κ1) is 24.9. The predicted molar refractivity (Wildman–Crippen MR) is 144 cm³/mol. The fourth-order valence-corrected chi connectivity index (χ4v) is 6.63. The number of aliphatic hydroxyl groups excluding tert-OH is 1. The molecule has 0 unspecified atom stereocenters. The highest BCUT2D eigenvalue weighted by atomic mass is 16.7. The van der Waals surface area contributed by atoms with Crippen molar-refractivity contribution in [2.24, 2.45) is 16.5 Å². The van der Waals surface area contributed by atoms with Crippen LogP contribution in [0.15, 0.2) is 47.6 Å². The van der Waals surface area contributed by atoms with Gasteiger partial charge in [0.15, 0.2) is 11.9 Å². The monoisotopic (exact) mass is 504 g/mol. The third-order valence-corrected chi connectivity index (χ3v) is 9.08. The maximum absolute atomic E-state index is 9.73. The minimum absolute atomic E-state index is 0.182. The molecule has 1 spiro atoms. The smallest absolute Gasteiger partial charge is 0.168 e. The summed E-state index contributed by atoms with van der Waals surface area (Å²) in [6.45, 7) is 7.37. The number of nitrogens with zero attached hydrogens (tertiary/aromatic N) is 2. The van der Waals surface area contributed by atoms with Crippen LogP contribution in [0, 0.1) is 11.3 Å². The van der Waals surface area contributed by atoms with Gasteiger partial charge in [-0.25, -0.2) is 0 Å². The first-order valence-corrected chi connectivity index (χ1v) is 14.1. The van der Waals surface area contributed by atoms with Crippen LogP contribution in [0.4, 0.5) is 0 Å². The van der Waals surface area contributed by atoms with Gasteiger partial charge in [-0.2, -0.15) is 0 Å². The molecular formula is C31H40N2O4. The first-order chi connectivity index (χ1) is 17.9. The van der Waals surface area contributed by atoms with Crippen LogP contribution in [0.1, 0.15) is 75.8 Å². The zero-order chi connectivity index (χ0) is 25.6. The SMILES string of the molecule is CCOc1cc(CN2CC3(CC(C4CCC(C)(C(O)O)CC4)=NO3)C2)cc(C2CC2)c1-c1ccccc1. The highest BCUT2D eigenvalue weighted by molar-refractivity contribution is 5.88. The summed E-state index contributed by atoms with van der Waals surface area (Å²) in [7, 11) is 0. The van der Waals surface area contributed by atoms with Crippen LogP contribution < -0.4 is 4.74 Å². The lowest BCUT2D eigenvalue weighted by atomic mass is 9.69. The van der Waals surface area contributed by atoms with Crippen molar-refractivity contribution in [3.05, 3.63) is 53.6 Å². The molecule has 2 aromatic carbocycles. The Morgan fingerprint density at radius 2 is 1.78 bits per heavy atom. The van der Waals surface area contributed by atoms with Crippen LogP contribution >= 0.6 is 0 Å². The molecule has 0 amide bonds. The molecule has 6 rings (SSSR count). The average Bonchev–Trinajstić information content (AvgIpc) is 3.63. The number of likely N-dealkylation sites (tertiary alicyclic amines) is 1. The third kappa shape index (κ3) is 4.91. The molecule has 4 aliphatic rings. The third-order valence-electron chi connectivity index (χ3n) is 9.08. The summed E-state index contributed by atoms with van der Waals surface area (Å²) in [6.07, 6.45) is 5.71. The van der Waals surface area contributed by atoms with Gasteiger partial charge in [0.2, 0.25) is 0 Å². The zero-order valence-corrected chi connectivity index (χ0v) is 22.2. The molecule has 0 bridgehead atoms. The van der Waals surface area contributed by atoms with Gasteiger partial charge in [-0.3, -0.25) is 4.90 Å². The molecule has 2 aromatic rings. The molecule has 198 valence electrons. The molecule has 2 heterocycles. The number of ether oxygens (including phenoxy) is 1. The van der Waals surface area contributed by atoms with Crippen molar-refractivity contribution in [2.45, 2.75) is 83.1 Å². The van der Waals surface area contributed by atoms with E-state index in [1.807, 2.05) is 6.92 Å². The normalized spacial score (nSPS) is 27.2. The van der Waals surface area contributed by atoms with Crippen LogP contribution in [0.5, 0.6) is 5.75 Å². The van der Waals surface area contributed by atoms with E-state index in [4.69, 9.17) is 9.57 Å². The number of rotatable bonds is 8. The Labute approximate surface area is 220 Å². The zero-order valence-electron chi connectivity index (χ0n) is 22.2. The number of hydrogen-bond donors (Lipinski definition) is 2. The van der Waals surface area contributed by atoms with Crippen molar-refractivity contribution in [1.29, 1.82) is 0 Å². The fourth-order valence-electron chi connectivity index (χ4n) is 6.63. The van der Waals surface area contributed by atoms with Crippen LogP contribution in [0.3, 0.4) is 0 Å². The Morgan fingerprint density at radius 1 is 1.05 bits per heavy atom. The highest BCUT2D eigenvalue weighted by Crippen LogP contribution is 2.49. The number of aliphatic hydroxyl groups is 2. The quantitative estimate of drug-likeness (QED) is 0.467. The lowest BCUT2D eigenvalue weighted by Crippen LogP contribution is -2.61. The van der Waals surface area contributed by atoms with Crippen molar-refractivity contribution in [3.8, 4) is 16.9 Å². The van der Waals surface area contributed by atoms with E-state index < -0.39 is 11.7 Å². The molecule has 6 nitrogen and oxygen atoms in total. The van der Waals surface area contributed by atoms with Gasteiger partial charge in [-0.15, -0.1) is 0 Å². The molecule has 37 heavy (non-hydrogen) atoms. The average molecular weight is 505 g/mol. The van der Waals surface area contributed by atoms with Crippen molar-refractivity contribution >= 4 is 5.71 Å². The van der Waals surface area contributed by atoms with E-state index in [1.54, 1.807) is 0 Å². The van der Waals surface area contributed by atoms with E-state index in [0.29, 0.717) is 18.4 Å². The summed E-state index contributed by atoms with van der Waals surface area (Å²) in [5.74, 6) is 2.04. The molecule has 0 radical (unpaired) electrons. The Kier molecular flexibility index (Phi) is 6.54. The van der Waals surface area contributed by atoms with Crippen molar-refractivity contribution in [2.75, 3.05) is 19.7 Å². The maximum Gasteiger partial charge on any atom is 0.168 e. The molecule has 0 aromatic heterocycles. The molecular weight excluding hydrogens is 464 g/mol. The highest BCUT2D eigenvalue weighted by Gasteiger charge is 2.51. The summed E-state index contributed by atoms with van der Waals surface area (Å²) in [6, 6.07) is 15.3. The van der Waals surface area contributed by atoms with E-state index in [9.17, 15) is 10.2 Å². The minimum Gasteiger partial charge on any atom is -0.493 e. The minimum atomic E-state index is -1.24. The molecule has 2 N–H and O–H groups in total. The molecule has 2 aliphatic carbocycles. The van der Waals surface area contributed by atoms with E-state index in [1.165, 1.54) is 40.8 Å². The molecule has 0 atom stereocenters. The summed E-state index contributed by atoms with van der Waals surface area (Å²) >= 11 is 0. The van der Waals surface area contributed by atoms with Gasteiger partial charge in [-0.05, 0) is 74.1 Å². The molecule has 1 saturated heterocycles. The summed E-state index contributed by atoms with van der Waals surface area (Å²) in [4.78, 5) is 8.50. The van der Waals surface area contributed by atoms with Gasteiger partial charge < -0.3 is 19.8 Å². The van der Waals surface area contributed by atoms with Crippen LogP contribution in [-0.4, -0.2) is 52.4 Å². The Bertz CT molecular complexity index is 1140. The maximum atomic E-state index is 9.73. The van der Waals surface area contributed by atoms with E-state index in [-0.39, 0.29) is 5.60 Å². The molecule has 2 aliphatic heterocycles. The second-order valence-electron chi connectivity index (χ2n) is 12.1. The summed E-state index contributed by atoms with van der Waals surface area (Å²) in [5, 5.41) is 24.0. The Hall–Kier alpha value is -2.41. The molecule has 3 fully saturated rings. The second-order valence-corrected chi connectivity index (χ2v) is 12.1. The van der Waals surface area contributed by atoms with Crippen molar-refractivity contribution in [1.82, 2.24) is 4.90 Å². The van der Waals surface area contributed by atoms with E-state index >= 15 is 0 Å². The first-order valence-electron chi connectivity index (χ1n) is 14.1. The lowest BCUT2D eigenvalue weighted by molar-refractivity contribution is -0.142.